The molecular formula is C31H32ClFN4O8. The van der Waals surface area contributed by atoms with E-state index in [1.807, 2.05) is 0 Å². The zero-order valence-corrected chi connectivity index (χ0v) is 25.6. The Morgan fingerprint density at radius 3 is 2.33 bits per heavy atom. The molecule has 5 N–H and O–H groups in total. The Balaban J connectivity index is 1.55. The third kappa shape index (κ3) is 4.85. The molecular weight excluding hydrogens is 611 g/mol. The number of carbonyl (C=O) groups is 6. The molecule has 0 aromatic heterocycles. The van der Waals surface area contributed by atoms with E-state index in [0.29, 0.717) is 0 Å². The molecule has 238 valence electrons. The first-order valence-corrected chi connectivity index (χ1v) is 14.5. The molecule has 45 heavy (non-hydrogen) atoms. The molecule has 12 nitrogen and oxygen atoms in total. The van der Waals surface area contributed by atoms with Crippen LogP contribution in [-0.4, -0.2) is 94.8 Å². The number of phenolic OH excluding ortho intramolecular Hbond substituents is 1. The molecule has 2 amide bonds. The normalized spacial score (nSPS) is 28.4. The first-order chi connectivity index (χ1) is 21.0. The topological polar surface area (TPSA) is 187 Å². The second-order valence-electron chi connectivity index (χ2n) is 12.3. The Bertz CT molecular complexity index is 1680. The van der Waals surface area contributed by atoms with Crippen LogP contribution >= 0.6 is 11.6 Å². The minimum Gasteiger partial charge on any atom is -0.505 e. The lowest BCUT2D eigenvalue weighted by atomic mass is 9.52. The van der Waals surface area contributed by atoms with Gasteiger partial charge in [0.2, 0.25) is 11.8 Å². The summed E-state index contributed by atoms with van der Waals surface area (Å²) in [6.45, 7) is 0. The average Bonchev–Trinajstić information content (AvgIpc) is 2.93. The van der Waals surface area contributed by atoms with E-state index in [1.54, 1.807) is 20.2 Å². The minimum absolute atomic E-state index is 0.00287. The van der Waals surface area contributed by atoms with Gasteiger partial charge in [0, 0.05) is 11.5 Å². The van der Waals surface area contributed by atoms with Gasteiger partial charge in [0.05, 0.1) is 22.5 Å². The van der Waals surface area contributed by atoms with Crippen molar-refractivity contribution in [3.05, 3.63) is 57.9 Å². The lowest BCUT2D eigenvalue weighted by Gasteiger charge is -2.52. The van der Waals surface area contributed by atoms with Crippen molar-refractivity contribution in [1.29, 1.82) is 0 Å². The van der Waals surface area contributed by atoms with Gasteiger partial charge in [-0.3, -0.25) is 38.6 Å². The zero-order valence-electron chi connectivity index (χ0n) is 24.8. The smallest absolute Gasteiger partial charge is 0.246 e. The van der Waals surface area contributed by atoms with E-state index in [0.717, 1.165) is 0 Å². The number of rotatable bonds is 6. The van der Waals surface area contributed by atoms with Gasteiger partial charge in [0.1, 0.15) is 17.5 Å². The third-order valence-corrected chi connectivity index (χ3v) is 9.51. The van der Waals surface area contributed by atoms with Crippen LogP contribution in [0.5, 0.6) is 5.75 Å². The molecule has 0 aliphatic heterocycles. The van der Waals surface area contributed by atoms with Crippen LogP contribution in [0, 0.1) is 29.5 Å². The van der Waals surface area contributed by atoms with Crippen molar-refractivity contribution in [3.63, 3.8) is 0 Å². The van der Waals surface area contributed by atoms with E-state index < -0.39 is 87.9 Å². The summed E-state index contributed by atoms with van der Waals surface area (Å²) in [7, 11) is 6.08. The maximum Gasteiger partial charge on any atom is 0.246 e. The quantitative estimate of drug-likeness (QED) is 0.260. The minimum atomic E-state index is -2.87. The Morgan fingerprint density at radius 1 is 1.11 bits per heavy atom. The number of hydrogen-bond donors (Lipinski definition) is 4. The highest BCUT2D eigenvalue weighted by molar-refractivity contribution is 6.35. The van der Waals surface area contributed by atoms with Gasteiger partial charge in [-0.2, -0.15) is 0 Å². The molecule has 0 heterocycles. The molecule has 0 bridgehead atoms. The number of nitrogens with zero attached hydrogens (tertiary/aromatic N) is 2. The molecule has 0 radical (unpaired) electrons. The fourth-order valence-corrected chi connectivity index (χ4v) is 7.56. The number of hydrogen-bond acceptors (Lipinski definition) is 10. The number of likely N-dealkylation sites (N-methyl/N-ethyl adjacent to an activating group) is 2. The highest BCUT2D eigenvalue weighted by Crippen LogP contribution is 2.52. The summed E-state index contributed by atoms with van der Waals surface area (Å²) in [6.07, 6.45) is -0.114. The number of Topliss-reactive ketones (excluding diaryl/α,β-unsaturated/α-hetero) is 4. The zero-order chi connectivity index (χ0) is 33.3. The molecule has 14 heteroatoms. The second kappa shape index (κ2) is 11.4. The van der Waals surface area contributed by atoms with E-state index in [4.69, 9.17) is 17.3 Å². The standard InChI is InChI=1S/C31H32ClFN4O8/c1-36(2)22(14-7-5-6-8-17(14)33)30(44)35-21-16(32)11-13-9-12-10-15-23(37(3)4)26(40)20(29(34)43)28(42)31(15,45)27(41)19(12)24(38)18(13)25(21)39/h5-8,11-12,15,19-20,22-23,39,45H,9-10H2,1-4H3,(H2,34,43)(H,35,44)/t12?,15?,19?,20?,22?,23-,31-/m0/s1. The fourth-order valence-electron chi connectivity index (χ4n) is 7.29. The van der Waals surface area contributed by atoms with Crippen LogP contribution in [-0.2, 0) is 30.4 Å². The van der Waals surface area contributed by atoms with Crippen LogP contribution in [0.25, 0.3) is 0 Å². The highest BCUT2D eigenvalue weighted by Gasteiger charge is 2.69. The number of primary amides is 1. The van der Waals surface area contributed by atoms with Gasteiger partial charge in [-0.1, -0.05) is 29.8 Å². The van der Waals surface area contributed by atoms with Gasteiger partial charge in [0.25, 0.3) is 0 Å². The van der Waals surface area contributed by atoms with Gasteiger partial charge >= 0.3 is 0 Å². The summed E-state index contributed by atoms with van der Waals surface area (Å²) >= 11 is 6.48. The van der Waals surface area contributed by atoms with Gasteiger partial charge in [-0.05, 0) is 64.6 Å². The van der Waals surface area contributed by atoms with Crippen molar-refractivity contribution in [3.8, 4) is 5.75 Å². The van der Waals surface area contributed by atoms with Crippen molar-refractivity contribution in [2.45, 2.75) is 30.5 Å². The summed E-state index contributed by atoms with van der Waals surface area (Å²) < 4.78 is 14.6. The number of anilines is 1. The molecule has 2 aromatic carbocycles. The number of nitrogens with two attached hydrogens (primary N) is 1. The number of aromatic hydroxyl groups is 1. The van der Waals surface area contributed by atoms with Crippen LogP contribution in [0.1, 0.15) is 33.9 Å². The Kier molecular flexibility index (Phi) is 8.19. The summed E-state index contributed by atoms with van der Waals surface area (Å²) in [6, 6.07) is 4.62. The molecule has 0 spiro atoms. The molecule has 2 fully saturated rings. The Morgan fingerprint density at radius 2 is 1.76 bits per heavy atom. The Labute approximate surface area is 262 Å². The first-order valence-electron chi connectivity index (χ1n) is 14.1. The predicted molar refractivity (Wildman–Crippen MR) is 158 cm³/mol. The molecule has 3 aliphatic rings. The number of carbonyl (C=O) groups excluding carboxylic acids is 6. The number of ketones is 4. The maximum absolute atomic E-state index is 14.6. The van der Waals surface area contributed by atoms with Crippen LogP contribution in [0.15, 0.2) is 30.3 Å². The average molecular weight is 643 g/mol. The van der Waals surface area contributed by atoms with Gasteiger partial charge in [0.15, 0.2) is 40.4 Å². The lowest BCUT2D eigenvalue weighted by Crippen LogP contribution is -2.74. The number of aliphatic hydroxyl groups is 1. The second-order valence-corrected chi connectivity index (χ2v) is 12.7. The van der Waals surface area contributed by atoms with Crippen molar-refractivity contribution < 1.29 is 43.4 Å². The van der Waals surface area contributed by atoms with Crippen LogP contribution in [0.3, 0.4) is 0 Å². The summed E-state index contributed by atoms with van der Waals surface area (Å²) in [5.41, 5.74) is 2.08. The molecule has 0 saturated heterocycles. The van der Waals surface area contributed by atoms with E-state index >= 15 is 0 Å². The van der Waals surface area contributed by atoms with Crippen LogP contribution in [0.4, 0.5) is 10.1 Å². The van der Waals surface area contributed by atoms with E-state index in [-0.39, 0.29) is 40.2 Å². The van der Waals surface area contributed by atoms with E-state index in [2.05, 4.69) is 5.32 Å². The van der Waals surface area contributed by atoms with Gasteiger partial charge in [-0.25, -0.2) is 4.39 Å². The molecule has 2 saturated carbocycles. The SMILES string of the molecule is CN(C)C(C(=O)Nc1c(Cl)cc2c(c1O)C(=O)C1C(=O)[C@]3(O)C(=O)C(C(N)=O)C(=O)[C@@H](N(C)C)C3CC1C2)c1ccccc1F. The van der Waals surface area contributed by atoms with Crippen molar-refractivity contribution >= 4 is 52.2 Å². The Hall–Kier alpha value is -4.04. The van der Waals surface area contributed by atoms with Crippen molar-refractivity contribution in [2.75, 3.05) is 33.5 Å². The predicted octanol–water partition coefficient (Wildman–Crippen LogP) is 0.901. The van der Waals surface area contributed by atoms with Gasteiger partial charge < -0.3 is 21.3 Å². The van der Waals surface area contributed by atoms with E-state index in [9.17, 15) is 43.4 Å². The van der Waals surface area contributed by atoms with Crippen LogP contribution < -0.4 is 11.1 Å². The monoisotopic (exact) mass is 642 g/mol. The lowest BCUT2D eigenvalue weighted by molar-refractivity contribution is -0.181. The van der Waals surface area contributed by atoms with Crippen molar-refractivity contribution in [1.82, 2.24) is 9.80 Å². The fraction of sp³-hybridized carbons (Fsp3) is 0.419. The van der Waals surface area contributed by atoms with Crippen molar-refractivity contribution in [2.24, 2.45) is 29.4 Å². The highest BCUT2D eigenvalue weighted by atomic mass is 35.5. The van der Waals surface area contributed by atoms with E-state index in [1.165, 1.54) is 48.2 Å². The largest absolute Gasteiger partial charge is 0.505 e. The maximum atomic E-state index is 14.6. The molecule has 7 atom stereocenters. The summed E-state index contributed by atoms with van der Waals surface area (Å²) in [5.74, 6) is -13.6. The number of nitrogens with one attached hydrogen (secondary N) is 1. The summed E-state index contributed by atoms with van der Waals surface area (Å²) in [5, 5.41) is 25.4. The number of amides is 2. The number of benzene rings is 2. The van der Waals surface area contributed by atoms with Gasteiger partial charge in [-0.15, -0.1) is 0 Å². The number of phenols is 1. The molecule has 3 aliphatic carbocycles. The van der Waals surface area contributed by atoms with Crippen LogP contribution in [0.2, 0.25) is 5.02 Å². The molecule has 5 unspecified atom stereocenters. The third-order valence-electron chi connectivity index (χ3n) is 9.22. The molecule has 5 rings (SSSR count). The summed E-state index contributed by atoms with van der Waals surface area (Å²) in [4.78, 5) is 83.0. The number of fused-ring (bicyclic) bond motifs is 3. The molecule has 2 aromatic rings. The number of halogens is 2. The first kappa shape index (κ1) is 32.4.